The van der Waals surface area contributed by atoms with Crippen molar-refractivity contribution in [3.05, 3.63) is 187 Å². The molecule has 1 aliphatic rings. The van der Waals surface area contributed by atoms with Crippen LogP contribution in [-0.4, -0.2) is 16.7 Å². The number of hydrogen-bond acceptors (Lipinski definition) is 5. The highest BCUT2D eigenvalue weighted by Crippen LogP contribution is 2.42. The quantitative estimate of drug-likeness (QED) is 0.201. The number of nitrogens with zero attached hydrogens (tertiary/aromatic N) is 3. The van der Waals surface area contributed by atoms with Crippen molar-refractivity contribution in [1.29, 1.82) is 0 Å². The summed E-state index contributed by atoms with van der Waals surface area (Å²) >= 11 is 0. The Hall–Kier alpha value is -6.85. The fourth-order valence-electron chi connectivity index (χ4n) is 7.16. The molecule has 0 aliphatic carbocycles. The molecule has 0 spiro atoms. The summed E-state index contributed by atoms with van der Waals surface area (Å²) < 4.78 is 6.62. The topological polar surface area (TPSA) is 62.8 Å². The summed E-state index contributed by atoms with van der Waals surface area (Å²) in [5.41, 5.74) is 10.1. The highest BCUT2D eigenvalue weighted by Gasteiger charge is 2.22. The standard InChI is InChI=1S/C46H30N4O/c1-3-11-31(12-4-1)44-48-45(32-13-5-2-6-14-32)50-46(49-44)33-20-18-30(19-21-33)38-26-37(35-22-17-29-10-7-8-15-34(29)24-35)27-42-43(38)39-25-36-16-9-23-47-40(36)28-41(39)51-42/h1-28,46H,(H,48,49,50). The van der Waals surface area contributed by atoms with Crippen LogP contribution in [0.15, 0.2) is 184 Å². The molecule has 1 N–H and O–H groups in total. The number of benzene rings is 7. The van der Waals surface area contributed by atoms with E-state index in [0.717, 1.165) is 83.5 Å². The van der Waals surface area contributed by atoms with Gasteiger partial charge in [0.2, 0.25) is 0 Å². The number of aromatic nitrogens is 1. The average Bonchev–Trinajstić information content (AvgIpc) is 3.57. The van der Waals surface area contributed by atoms with Crippen molar-refractivity contribution in [3.8, 4) is 22.3 Å². The Morgan fingerprint density at radius 1 is 0.471 bits per heavy atom. The molecule has 5 nitrogen and oxygen atoms in total. The average molecular weight is 655 g/mol. The summed E-state index contributed by atoms with van der Waals surface area (Å²) in [5, 5.41) is 9.15. The fourth-order valence-corrected chi connectivity index (χ4v) is 7.16. The second-order valence-electron chi connectivity index (χ2n) is 12.9. The summed E-state index contributed by atoms with van der Waals surface area (Å²) in [6, 6.07) is 57.0. The fraction of sp³-hybridized carbons (Fsp3) is 0.0217. The predicted molar refractivity (Wildman–Crippen MR) is 209 cm³/mol. The normalized spacial score (nSPS) is 13.4. The van der Waals surface area contributed by atoms with E-state index in [1.807, 2.05) is 48.7 Å². The van der Waals surface area contributed by atoms with E-state index in [4.69, 9.17) is 14.4 Å². The Labute approximate surface area is 294 Å². The van der Waals surface area contributed by atoms with Crippen molar-refractivity contribution in [1.82, 2.24) is 10.3 Å². The second-order valence-corrected chi connectivity index (χ2v) is 12.9. The van der Waals surface area contributed by atoms with Gasteiger partial charge in [-0.25, -0.2) is 9.98 Å². The van der Waals surface area contributed by atoms with E-state index in [1.165, 1.54) is 10.8 Å². The minimum atomic E-state index is -0.400. The van der Waals surface area contributed by atoms with Crippen LogP contribution in [0.2, 0.25) is 0 Å². The molecule has 0 saturated carbocycles. The van der Waals surface area contributed by atoms with Crippen molar-refractivity contribution < 1.29 is 4.42 Å². The van der Waals surface area contributed by atoms with E-state index in [1.54, 1.807) is 0 Å². The largest absolute Gasteiger partial charge is 0.456 e. The smallest absolute Gasteiger partial charge is 0.169 e. The molecular formula is C46H30N4O. The van der Waals surface area contributed by atoms with Gasteiger partial charge in [0.05, 0.1) is 5.52 Å². The summed E-state index contributed by atoms with van der Waals surface area (Å²) in [5.74, 6) is 1.60. The molecule has 2 aromatic heterocycles. The number of hydrogen-bond donors (Lipinski definition) is 1. The van der Waals surface area contributed by atoms with E-state index in [-0.39, 0.29) is 0 Å². The van der Waals surface area contributed by atoms with Crippen LogP contribution in [0, 0.1) is 0 Å². The zero-order valence-corrected chi connectivity index (χ0v) is 27.5. The highest BCUT2D eigenvalue weighted by molar-refractivity contribution is 6.17. The number of fused-ring (bicyclic) bond motifs is 5. The minimum absolute atomic E-state index is 0.400. The minimum Gasteiger partial charge on any atom is -0.456 e. The van der Waals surface area contributed by atoms with Crippen LogP contribution in [0.1, 0.15) is 22.9 Å². The molecule has 240 valence electrons. The first-order chi connectivity index (χ1) is 25.2. The number of pyridine rings is 1. The number of aliphatic imine (C=N–C) groups is 2. The van der Waals surface area contributed by atoms with Gasteiger partial charge in [0, 0.05) is 39.5 Å². The zero-order valence-electron chi connectivity index (χ0n) is 27.5. The Balaban J connectivity index is 1.13. The summed E-state index contributed by atoms with van der Waals surface area (Å²) in [6.07, 6.45) is 1.42. The van der Waals surface area contributed by atoms with Gasteiger partial charge in [0.1, 0.15) is 22.8 Å². The Morgan fingerprint density at radius 3 is 1.88 bits per heavy atom. The van der Waals surface area contributed by atoms with Crippen LogP contribution >= 0.6 is 0 Å². The van der Waals surface area contributed by atoms with Crippen molar-refractivity contribution in [2.24, 2.45) is 9.98 Å². The van der Waals surface area contributed by atoms with Crippen LogP contribution in [0.4, 0.5) is 0 Å². The molecule has 51 heavy (non-hydrogen) atoms. The second kappa shape index (κ2) is 11.9. The maximum Gasteiger partial charge on any atom is 0.169 e. The molecule has 1 aliphatic heterocycles. The molecule has 9 aromatic rings. The van der Waals surface area contributed by atoms with Crippen LogP contribution in [0.3, 0.4) is 0 Å². The highest BCUT2D eigenvalue weighted by atomic mass is 16.3. The van der Waals surface area contributed by atoms with Crippen LogP contribution < -0.4 is 5.32 Å². The third-order valence-corrected chi connectivity index (χ3v) is 9.73. The van der Waals surface area contributed by atoms with Crippen molar-refractivity contribution in [3.63, 3.8) is 0 Å². The van der Waals surface area contributed by atoms with E-state index in [2.05, 4.69) is 132 Å². The molecule has 0 amide bonds. The summed E-state index contributed by atoms with van der Waals surface area (Å²) in [7, 11) is 0. The molecule has 0 fully saturated rings. The molecule has 0 saturated heterocycles. The maximum atomic E-state index is 6.62. The number of rotatable bonds is 5. The van der Waals surface area contributed by atoms with Crippen molar-refractivity contribution in [2.45, 2.75) is 6.17 Å². The third-order valence-electron chi connectivity index (χ3n) is 9.73. The van der Waals surface area contributed by atoms with Gasteiger partial charge in [-0.15, -0.1) is 0 Å². The predicted octanol–water partition coefficient (Wildman–Crippen LogP) is 11.1. The number of amidine groups is 2. The van der Waals surface area contributed by atoms with E-state index in [0.29, 0.717) is 0 Å². The van der Waals surface area contributed by atoms with Gasteiger partial charge in [-0.1, -0.05) is 127 Å². The third kappa shape index (κ3) is 5.23. The lowest BCUT2D eigenvalue weighted by Crippen LogP contribution is -2.35. The van der Waals surface area contributed by atoms with Gasteiger partial charge >= 0.3 is 0 Å². The lowest BCUT2D eigenvalue weighted by Gasteiger charge is -2.22. The van der Waals surface area contributed by atoms with Crippen LogP contribution in [0.5, 0.6) is 0 Å². The molecular weight excluding hydrogens is 625 g/mol. The molecule has 0 unspecified atom stereocenters. The molecule has 10 rings (SSSR count). The monoisotopic (exact) mass is 654 g/mol. The van der Waals surface area contributed by atoms with Gasteiger partial charge in [0.15, 0.2) is 6.17 Å². The Morgan fingerprint density at radius 2 is 1.14 bits per heavy atom. The van der Waals surface area contributed by atoms with Crippen molar-refractivity contribution >= 4 is 55.3 Å². The van der Waals surface area contributed by atoms with Gasteiger partial charge in [-0.05, 0) is 68.9 Å². The maximum absolute atomic E-state index is 6.62. The SMILES string of the molecule is c1ccc(C2=NC(c3ccc(-c4cc(-c5ccc6ccccc6c5)cc5oc6cc7ncccc7cc6c45)cc3)N=C(c3ccccc3)N2)cc1. The van der Waals surface area contributed by atoms with Crippen LogP contribution in [-0.2, 0) is 0 Å². The number of nitrogens with one attached hydrogen (secondary N) is 1. The molecule has 5 heteroatoms. The summed E-state index contributed by atoms with van der Waals surface area (Å²) in [6.45, 7) is 0. The van der Waals surface area contributed by atoms with Gasteiger partial charge in [0.25, 0.3) is 0 Å². The van der Waals surface area contributed by atoms with Gasteiger partial charge in [-0.2, -0.15) is 0 Å². The first kappa shape index (κ1) is 29.1. The molecule has 0 atom stereocenters. The Bertz CT molecular complexity index is 2760. The molecule has 3 heterocycles. The van der Waals surface area contributed by atoms with Crippen LogP contribution in [0.25, 0.3) is 65.9 Å². The number of furan rings is 1. The first-order valence-electron chi connectivity index (χ1n) is 17.1. The Kier molecular flexibility index (Phi) is 6.81. The first-order valence-corrected chi connectivity index (χ1v) is 17.1. The van der Waals surface area contributed by atoms with E-state index in [9.17, 15) is 0 Å². The van der Waals surface area contributed by atoms with Crippen molar-refractivity contribution in [2.75, 3.05) is 0 Å². The van der Waals surface area contributed by atoms with Gasteiger partial charge < -0.3 is 9.73 Å². The van der Waals surface area contributed by atoms with E-state index >= 15 is 0 Å². The van der Waals surface area contributed by atoms with Gasteiger partial charge in [-0.3, -0.25) is 4.98 Å². The molecule has 0 radical (unpaired) electrons. The van der Waals surface area contributed by atoms with E-state index < -0.39 is 6.17 Å². The molecule has 0 bridgehead atoms. The lowest BCUT2D eigenvalue weighted by molar-refractivity contribution is 0.669. The lowest BCUT2D eigenvalue weighted by atomic mass is 9.93. The molecule has 7 aromatic carbocycles. The summed E-state index contributed by atoms with van der Waals surface area (Å²) in [4.78, 5) is 14.8. The zero-order chi connectivity index (χ0) is 33.7.